The molecule has 4 saturated carbocycles. The SMILES string of the molecule is C.C.CC1(C)[C@@H](O)C[C@H]1Nc1nc(NCCc2ccccc2)ncc1C#N.C[C@H]1C[C@@H](Nc2nc(NCCc3ccco3)ncc2C#N)C1(C)C.Cc1ccc(CCNc2ncc(C#N)c(N[C@@H]3C[C@H](O)C3(C)C)n2)o1.Cc1nc(CCNc2ncc(C#N)c(N[C@@H]3C[C@H](O)C3(C)C)n2)no1.[HH].[HH].[HH].[HH]. The molecule has 8 atom stereocenters. The van der Waals surface area contributed by atoms with Crippen molar-refractivity contribution in [2.45, 2.75) is 185 Å². The monoisotopic (exact) mass is 1390 g/mol. The summed E-state index contributed by atoms with van der Waals surface area (Å²) in [6, 6.07) is 26.9. The molecule has 28 nitrogen and oxygen atoms in total. The first-order valence-corrected chi connectivity index (χ1v) is 33.4. The zero-order valence-electron chi connectivity index (χ0n) is 58.0. The number of furan rings is 2. The number of aliphatic hydroxyl groups is 3. The smallest absolute Gasteiger partial charge is 0.224 e. The fourth-order valence-electron chi connectivity index (χ4n) is 11.5. The molecule has 12 rings (SSSR count). The summed E-state index contributed by atoms with van der Waals surface area (Å²) in [5.74, 6) is 8.51. The number of nitriles is 4. The lowest BCUT2D eigenvalue weighted by atomic mass is 9.59. The third kappa shape index (κ3) is 19.7. The average molecular weight is 1390 g/mol. The highest BCUT2D eigenvalue weighted by Gasteiger charge is 2.50. The zero-order valence-corrected chi connectivity index (χ0v) is 58.0. The summed E-state index contributed by atoms with van der Waals surface area (Å²) in [5.41, 5.74) is 2.34. The van der Waals surface area contributed by atoms with Crippen LogP contribution in [0, 0.1) is 86.7 Å². The number of aryl methyl sites for hydroxylation is 2. The van der Waals surface area contributed by atoms with Crippen LogP contribution in [0.4, 0.5) is 47.1 Å². The topological polar surface area (TPSA) is 420 Å². The molecule has 7 aromatic heterocycles. The van der Waals surface area contributed by atoms with Gasteiger partial charge in [-0.2, -0.15) is 46.0 Å². The summed E-state index contributed by atoms with van der Waals surface area (Å²) >= 11 is 0. The molecule has 0 spiro atoms. The Morgan fingerprint density at radius 3 is 1.18 bits per heavy atom. The standard InChI is InChI=1S/C19H23N5O.C18H23N5O2.C18H23N5O.C16H21N7O2.2CH4.4H2/c1-19(2)15(10-16(19)25)23-17-14(11-20)12-22-18(24-17)21-9-8-13-6-4-3-5-7-13;1-11-4-5-13(25-11)6-7-20-17-21-10-12(9-19)16(23-17)22-14-8-15(24)18(14,2)3;1-12-9-15(18(12,2)3)22-16-13(10-19)11-21-17(23-16)20-7-6-14-5-4-8-24-14;1-9-20-13(23-25-9)4-5-18-15-19-8-10(7-17)14(22-15)21-11-6-12(24)16(11,2)3;;;;;;/h3-7,12,15-16,25H,8-10H2,1-2H3,(H2,21,22,23,24);4-5,10,14-15,24H,6-8H2,1-3H3,(H2,20,21,22,23);4-5,8,11-12,15H,6-7,9H2,1-3H3,(H2,20,21,22,23);8,11-12,24H,4-6H2,1-3H3,(H2,18,19,21,22);2*1H4;4*1H/t15-,16+;14-,15+;12-,15+;11-,12+;;;;;;/m1101....../s1. The van der Waals surface area contributed by atoms with Crippen LogP contribution in [0.15, 0.2) is 99.0 Å². The van der Waals surface area contributed by atoms with E-state index >= 15 is 0 Å². The fraction of sp³-hybridized carbons (Fsp3) is 0.507. The van der Waals surface area contributed by atoms with E-state index in [2.05, 4.69) is 150 Å². The lowest BCUT2D eigenvalue weighted by molar-refractivity contribution is -0.0512. The highest BCUT2D eigenvalue weighted by Crippen LogP contribution is 2.48. The lowest BCUT2D eigenvalue weighted by Crippen LogP contribution is -2.57. The van der Waals surface area contributed by atoms with Crippen molar-refractivity contribution in [1.82, 2.24) is 50.0 Å². The van der Waals surface area contributed by atoms with E-state index in [1.54, 1.807) is 19.4 Å². The van der Waals surface area contributed by atoms with Crippen molar-refractivity contribution in [2.75, 3.05) is 68.7 Å². The van der Waals surface area contributed by atoms with Crippen LogP contribution in [0.25, 0.3) is 0 Å². The molecule has 0 bridgehead atoms. The predicted octanol–water partition coefficient (Wildman–Crippen LogP) is 12.0. The second-order valence-corrected chi connectivity index (χ2v) is 27.7. The van der Waals surface area contributed by atoms with Crippen LogP contribution in [0.1, 0.15) is 165 Å². The number of nitrogens with zero attached hydrogens (tertiary/aromatic N) is 14. The van der Waals surface area contributed by atoms with E-state index in [9.17, 15) is 36.4 Å². The Morgan fingerprint density at radius 1 is 0.475 bits per heavy atom. The molecule has 0 radical (unpaired) electrons. The Hall–Kier alpha value is -10.5. The quantitative estimate of drug-likeness (QED) is 0.0268. The third-order valence-electron chi connectivity index (χ3n) is 19.7. The molecule has 4 aliphatic carbocycles. The van der Waals surface area contributed by atoms with Gasteiger partial charge in [-0.3, -0.25) is 0 Å². The molecule has 28 heteroatoms. The molecule has 4 fully saturated rings. The van der Waals surface area contributed by atoms with Gasteiger partial charge in [0.25, 0.3) is 0 Å². The van der Waals surface area contributed by atoms with Gasteiger partial charge in [0.1, 0.15) is 87.1 Å². The largest absolute Gasteiger partial charge is 0.469 e. The zero-order chi connectivity index (χ0) is 71.1. The van der Waals surface area contributed by atoms with Gasteiger partial charge in [0.2, 0.25) is 29.7 Å². The van der Waals surface area contributed by atoms with Crippen molar-refractivity contribution in [3.8, 4) is 24.3 Å². The molecule has 101 heavy (non-hydrogen) atoms. The molecule has 8 aromatic rings. The number of benzene rings is 1. The van der Waals surface area contributed by atoms with E-state index in [1.165, 1.54) is 24.2 Å². The van der Waals surface area contributed by atoms with Crippen molar-refractivity contribution in [3.05, 3.63) is 142 Å². The highest BCUT2D eigenvalue weighted by atomic mass is 16.5. The van der Waals surface area contributed by atoms with Crippen molar-refractivity contribution in [2.24, 2.45) is 27.6 Å². The number of anilines is 8. The van der Waals surface area contributed by atoms with Crippen molar-refractivity contribution < 1.29 is 34.4 Å². The minimum atomic E-state index is -0.353. The number of nitrogens with one attached hydrogen (secondary N) is 8. The molecule has 544 valence electrons. The van der Waals surface area contributed by atoms with Gasteiger partial charge in [0, 0.05) is 98.5 Å². The van der Waals surface area contributed by atoms with Crippen LogP contribution >= 0.6 is 0 Å². The van der Waals surface area contributed by atoms with Crippen LogP contribution in [0.5, 0.6) is 0 Å². The van der Waals surface area contributed by atoms with Gasteiger partial charge >= 0.3 is 0 Å². The van der Waals surface area contributed by atoms with Crippen molar-refractivity contribution in [3.63, 3.8) is 0 Å². The average Bonchev–Trinajstić information content (AvgIpc) is 1.15. The molecule has 7 heterocycles. The lowest BCUT2D eigenvalue weighted by Gasteiger charge is -2.51. The third-order valence-corrected chi connectivity index (χ3v) is 19.7. The highest BCUT2D eigenvalue weighted by molar-refractivity contribution is 5.58. The fourth-order valence-corrected chi connectivity index (χ4v) is 11.5. The van der Waals surface area contributed by atoms with Crippen LogP contribution < -0.4 is 42.5 Å². The normalized spacial score (nSPS) is 20.9. The Labute approximate surface area is 598 Å². The maximum Gasteiger partial charge on any atom is 0.224 e. The number of hydrogen-bond donors (Lipinski definition) is 11. The van der Waals surface area contributed by atoms with Crippen molar-refractivity contribution >= 4 is 47.1 Å². The molecule has 4 aliphatic rings. The van der Waals surface area contributed by atoms with E-state index in [4.69, 9.17) is 13.4 Å². The van der Waals surface area contributed by atoms with Gasteiger partial charge in [0.15, 0.2) is 5.82 Å². The minimum absolute atomic E-state index is 0. The Balaban J connectivity index is 0.000000357. The van der Waals surface area contributed by atoms with Crippen LogP contribution in [-0.2, 0) is 25.7 Å². The Kier molecular flexibility index (Phi) is 26.6. The van der Waals surface area contributed by atoms with Crippen molar-refractivity contribution in [1.29, 1.82) is 21.0 Å². The van der Waals surface area contributed by atoms with Crippen LogP contribution in [0.2, 0.25) is 0 Å². The summed E-state index contributed by atoms with van der Waals surface area (Å²) in [4.78, 5) is 38.6. The Bertz CT molecular complexity index is 4040. The van der Waals surface area contributed by atoms with Gasteiger partial charge in [0.05, 0.1) is 49.4 Å². The maximum atomic E-state index is 9.88. The molecule has 0 saturated heterocycles. The summed E-state index contributed by atoms with van der Waals surface area (Å²) in [6.07, 6.45) is 12.7. The second-order valence-electron chi connectivity index (χ2n) is 27.7. The van der Waals surface area contributed by atoms with E-state index in [0.717, 1.165) is 43.0 Å². The van der Waals surface area contributed by atoms with E-state index < -0.39 is 0 Å². The minimum Gasteiger partial charge on any atom is -0.469 e. The summed E-state index contributed by atoms with van der Waals surface area (Å²) in [7, 11) is 0. The number of rotatable bonds is 24. The summed E-state index contributed by atoms with van der Waals surface area (Å²) in [5, 5.41) is 96.4. The first-order chi connectivity index (χ1) is 47.3. The van der Waals surface area contributed by atoms with E-state index in [0.29, 0.717) is 145 Å². The summed E-state index contributed by atoms with van der Waals surface area (Å²) < 4.78 is 15.8. The number of hydrogen-bond acceptors (Lipinski definition) is 28. The number of aliphatic hydroxyl groups excluding tert-OH is 3. The first-order valence-electron chi connectivity index (χ1n) is 33.4. The molecular weight excluding hydrogens is 1280 g/mol. The maximum absolute atomic E-state index is 9.88. The first kappa shape index (κ1) is 77.8. The van der Waals surface area contributed by atoms with Gasteiger partial charge in [-0.1, -0.05) is 113 Å². The second kappa shape index (κ2) is 34.5. The molecule has 0 aliphatic heterocycles. The number of aromatic nitrogens is 10. The predicted molar refractivity (Wildman–Crippen MR) is 396 cm³/mol. The van der Waals surface area contributed by atoms with Crippen LogP contribution in [0.3, 0.4) is 0 Å². The van der Waals surface area contributed by atoms with Gasteiger partial charge in [-0.25, -0.2) is 19.9 Å². The Morgan fingerprint density at radius 2 is 0.861 bits per heavy atom. The molecule has 1 aromatic carbocycles. The summed E-state index contributed by atoms with van der Waals surface area (Å²) in [6.45, 7) is 24.9. The van der Waals surface area contributed by atoms with E-state index in [1.807, 2.05) is 90.9 Å². The van der Waals surface area contributed by atoms with Gasteiger partial charge in [-0.15, -0.1) is 0 Å². The van der Waals surface area contributed by atoms with Gasteiger partial charge in [-0.05, 0) is 80.2 Å². The molecule has 0 unspecified atom stereocenters. The van der Waals surface area contributed by atoms with Crippen LogP contribution in [-0.4, -0.2) is 134 Å². The molecule has 11 N–H and O–H groups in total. The molecule has 0 amide bonds. The van der Waals surface area contributed by atoms with Gasteiger partial charge < -0.3 is 71.2 Å². The van der Waals surface area contributed by atoms with E-state index in [-0.39, 0.29) is 78.7 Å². The molecular formula is C73H106N22O6.